The Hall–Kier alpha value is -2.12. The fourth-order valence-electron chi connectivity index (χ4n) is 3.40. The average molecular weight is 496 g/mol. The number of benzene rings is 2. The molecule has 0 spiro atoms. The second kappa shape index (κ2) is 10.0. The smallest absolute Gasteiger partial charge is 0.261 e. The highest BCUT2D eigenvalue weighted by Crippen LogP contribution is 2.34. The van der Waals surface area contributed by atoms with E-state index in [9.17, 15) is 4.79 Å². The summed E-state index contributed by atoms with van der Waals surface area (Å²) in [6, 6.07) is 9.10. The third-order valence-corrected chi connectivity index (χ3v) is 6.60. The maximum atomic E-state index is 13.5. The fraction of sp³-hybridized carbons (Fsp3) is 0.227. The van der Waals surface area contributed by atoms with Crippen LogP contribution in [0.2, 0.25) is 10.0 Å². The molecule has 0 atom stereocenters. The number of carbonyl (C=O) groups is 1. The normalized spacial score (nSPS) is 10.8. The molecule has 0 saturated heterocycles. The van der Waals surface area contributed by atoms with Crippen LogP contribution in [0.15, 0.2) is 49.1 Å². The number of thiazole rings is 1. The van der Waals surface area contributed by atoms with E-state index in [2.05, 4.69) is 18.0 Å². The van der Waals surface area contributed by atoms with Crippen LogP contribution in [0, 0.1) is 13.8 Å². The Bertz CT molecular complexity index is 1210. The molecular formula is C22H21Cl3N4OS. The van der Waals surface area contributed by atoms with Gasteiger partial charge in [0.25, 0.3) is 5.91 Å². The molecule has 1 amide bonds. The summed E-state index contributed by atoms with van der Waals surface area (Å²) in [6.07, 6.45) is 6.16. The van der Waals surface area contributed by atoms with Crippen LogP contribution in [-0.4, -0.2) is 27.0 Å². The summed E-state index contributed by atoms with van der Waals surface area (Å²) in [5.74, 6) is -0.207. The van der Waals surface area contributed by atoms with E-state index in [1.165, 1.54) is 11.3 Å². The maximum absolute atomic E-state index is 13.5. The van der Waals surface area contributed by atoms with Crippen LogP contribution in [0.25, 0.3) is 10.2 Å². The Kier molecular flexibility index (Phi) is 7.59. The number of imidazole rings is 1. The Morgan fingerprint density at radius 3 is 2.74 bits per heavy atom. The third-order valence-electron chi connectivity index (χ3n) is 4.80. The molecule has 162 valence electrons. The first-order valence-electron chi connectivity index (χ1n) is 9.53. The van der Waals surface area contributed by atoms with Gasteiger partial charge in [-0.1, -0.05) is 40.6 Å². The highest BCUT2D eigenvalue weighted by molar-refractivity contribution is 7.22. The van der Waals surface area contributed by atoms with E-state index in [4.69, 9.17) is 28.2 Å². The molecule has 0 saturated carbocycles. The largest absolute Gasteiger partial charge is 0.337 e. The van der Waals surface area contributed by atoms with Gasteiger partial charge >= 0.3 is 0 Å². The Morgan fingerprint density at radius 1 is 1.19 bits per heavy atom. The molecule has 5 nitrogen and oxygen atoms in total. The number of aryl methyl sites for hydroxylation is 3. The molecule has 31 heavy (non-hydrogen) atoms. The lowest BCUT2D eigenvalue weighted by molar-refractivity contribution is 0.0986. The lowest BCUT2D eigenvalue weighted by atomic mass is 10.1. The molecule has 0 radical (unpaired) electrons. The predicted octanol–water partition coefficient (Wildman–Crippen LogP) is 6.58. The molecule has 0 fully saturated rings. The molecule has 0 aliphatic heterocycles. The van der Waals surface area contributed by atoms with E-state index in [0.717, 1.165) is 34.3 Å². The lowest BCUT2D eigenvalue weighted by Gasteiger charge is -2.20. The SMILES string of the molecule is Cc1cc(C)c2sc(N(CCCn3ccnc3)C(=O)c3cc(Cl)ccc3Cl)nc2c1.Cl. The number of carbonyl (C=O) groups excluding carboxylic acids is 1. The topological polar surface area (TPSA) is 51.0 Å². The molecule has 4 aromatic rings. The highest BCUT2D eigenvalue weighted by atomic mass is 35.5. The van der Waals surface area contributed by atoms with Gasteiger partial charge in [-0.25, -0.2) is 9.97 Å². The number of nitrogens with zero attached hydrogens (tertiary/aromatic N) is 4. The second-order valence-electron chi connectivity index (χ2n) is 7.16. The van der Waals surface area contributed by atoms with Gasteiger partial charge in [0.1, 0.15) is 0 Å². The minimum absolute atomic E-state index is 0. The standard InChI is InChI=1S/C22H20Cl2N4OS.ClH/c1-14-10-15(2)20-19(11-14)26-22(30-20)28(8-3-7-27-9-6-25-13-27)21(29)17-12-16(23)4-5-18(17)24;/h4-6,9-13H,3,7-8H2,1-2H3;1H. The molecule has 2 aromatic carbocycles. The number of fused-ring (bicyclic) bond motifs is 1. The second-order valence-corrected chi connectivity index (χ2v) is 8.98. The third kappa shape index (κ3) is 5.21. The van der Waals surface area contributed by atoms with E-state index < -0.39 is 0 Å². The van der Waals surface area contributed by atoms with Gasteiger partial charge in [0.2, 0.25) is 0 Å². The molecule has 2 heterocycles. The van der Waals surface area contributed by atoms with Crippen molar-refractivity contribution in [1.82, 2.24) is 14.5 Å². The Balaban J connectivity index is 0.00000272. The van der Waals surface area contributed by atoms with E-state index in [-0.39, 0.29) is 18.3 Å². The van der Waals surface area contributed by atoms with Gasteiger partial charge in [-0.15, -0.1) is 12.4 Å². The summed E-state index contributed by atoms with van der Waals surface area (Å²) >= 11 is 14.0. The Morgan fingerprint density at radius 2 is 2.00 bits per heavy atom. The summed E-state index contributed by atoms with van der Waals surface area (Å²) in [6.45, 7) is 5.36. The first-order valence-corrected chi connectivity index (χ1v) is 11.1. The fourth-order valence-corrected chi connectivity index (χ4v) is 4.81. The lowest BCUT2D eigenvalue weighted by Crippen LogP contribution is -2.32. The van der Waals surface area contributed by atoms with Gasteiger partial charge in [0.05, 0.1) is 27.1 Å². The first-order chi connectivity index (χ1) is 14.4. The van der Waals surface area contributed by atoms with Gasteiger partial charge in [0.15, 0.2) is 5.13 Å². The summed E-state index contributed by atoms with van der Waals surface area (Å²) < 4.78 is 3.07. The van der Waals surface area contributed by atoms with Crippen molar-refractivity contribution in [3.8, 4) is 0 Å². The molecule has 9 heteroatoms. The van der Waals surface area contributed by atoms with E-state index in [1.54, 1.807) is 35.6 Å². The molecule has 2 aromatic heterocycles. The van der Waals surface area contributed by atoms with Crippen molar-refractivity contribution in [3.63, 3.8) is 0 Å². The van der Waals surface area contributed by atoms with E-state index >= 15 is 0 Å². The zero-order valence-electron chi connectivity index (χ0n) is 17.0. The van der Waals surface area contributed by atoms with Crippen LogP contribution in [-0.2, 0) is 6.54 Å². The summed E-state index contributed by atoms with van der Waals surface area (Å²) in [5.41, 5.74) is 3.57. The highest BCUT2D eigenvalue weighted by Gasteiger charge is 2.23. The van der Waals surface area contributed by atoms with Gasteiger partial charge in [-0.05, 0) is 55.7 Å². The number of rotatable bonds is 6. The number of hydrogen-bond acceptors (Lipinski definition) is 4. The maximum Gasteiger partial charge on any atom is 0.261 e. The number of amides is 1. The van der Waals surface area contributed by atoms with Crippen molar-refractivity contribution in [2.75, 3.05) is 11.4 Å². The minimum atomic E-state index is -0.207. The van der Waals surface area contributed by atoms with Gasteiger partial charge in [-0.2, -0.15) is 0 Å². The van der Waals surface area contributed by atoms with Crippen LogP contribution in [0.4, 0.5) is 5.13 Å². The quantitative estimate of drug-likeness (QED) is 0.304. The average Bonchev–Trinajstić information content (AvgIpc) is 3.36. The van der Waals surface area contributed by atoms with Crippen LogP contribution >= 0.6 is 46.9 Å². The molecule has 0 unspecified atom stereocenters. The van der Waals surface area contributed by atoms with Crippen LogP contribution < -0.4 is 4.90 Å². The van der Waals surface area contributed by atoms with Crippen LogP contribution in [0.5, 0.6) is 0 Å². The van der Waals surface area contributed by atoms with Crippen molar-refractivity contribution in [2.45, 2.75) is 26.8 Å². The number of aromatic nitrogens is 3. The Labute approximate surface area is 201 Å². The molecule has 0 aliphatic carbocycles. The van der Waals surface area contributed by atoms with Crippen molar-refractivity contribution in [2.24, 2.45) is 0 Å². The molecule has 0 N–H and O–H groups in total. The van der Waals surface area contributed by atoms with Crippen LogP contribution in [0.1, 0.15) is 27.9 Å². The first kappa shape index (κ1) is 23.5. The molecule has 4 rings (SSSR count). The zero-order chi connectivity index (χ0) is 21.3. The summed E-state index contributed by atoms with van der Waals surface area (Å²) in [5, 5.41) is 1.50. The van der Waals surface area contributed by atoms with Crippen molar-refractivity contribution < 1.29 is 4.79 Å². The zero-order valence-corrected chi connectivity index (χ0v) is 20.2. The van der Waals surface area contributed by atoms with Gasteiger partial charge < -0.3 is 4.57 Å². The number of hydrogen-bond donors (Lipinski definition) is 0. The number of anilines is 1. The minimum Gasteiger partial charge on any atom is -0.337 e. The molecule has 0 bridgehead atoms. The van der Waals surface area contributed by atoms with Gasteiger partial charge in [0, 0.05) is 30.5 Å². The number of halogens is 3. The van der Waals surface area contributed by atoms with Crippen molar-refractivity contribution in [1.29, 1.82) is 0 Å². The van der Waals surface area contributed by atoms with Crippen molar-refractivity contribution >= 4 is 68.2 Å². The summed E-state index contributed by atoms with van der Waals surface area (Å²) in [7, 11) is 0. The molecule has 0 aliphatic rings. The predicted molar refractivity (Wildman–Crippen MR) is 131 cm³/mol. The van der Waals surface area contributed by atoms with Crippen molar-refractivity contribution in [3.05, 3.63) is 75.8 Å². The van der Waals surface area contributed by atoms with E-state index in [1.807, 2.05) is 23.8 Å². The monoisotopic (exact) mass is 494 g/mol. The van der Waals surface area contributed by atoms with Crippen LogP contribution in [0.3, 0.4) is 0 Å². The summed E-state index contributed by atoms with van der Waals surface area (Å²) in [4.78, 5) is 24.0. The molecular weight excluding hydrogens is 475 g/mol. The van der Waals surface area contributed by atoms with E-state index in [0.29, 0.717) is 27.3 Å². The van der Waals surface area contributed by atoms with Gasteiger partial charge in [-0.3, -0.25) is 9.69 Å².